The van der Waals surface area contributed by atoms with E-state index >= 15 is 0 Å². The van der Waals surface area contributed by atoms with Crippen LogP contribution in [0, 0.1) is 6.92 Å². The summed E-state index contributed by atoms with van der Waals surface area (Å²) in [6.07, 6.45) is 7.02. The molecule has 0 bridgehead atoms. The number of nitrogens with one attached hydrogen (secondary N) is 1. The van der Waals surface area contributed by atoms with Gasteiger partial charge in [-0.1, -0.05) is 12.8 Å². The summed E-state index contributed by atoms with van der Waals surface area (Å²) in [7, 11) is 2.06. The van der Waals surface area contributed by atoms with Crippen molar-refractivity contribution < 1.29 is 4.79 Å². The van der Waals surface area contributed by atoms with Gasteiger partial charge in [0.05, 0.1) is 11.6 Å². The van der Waals surface area contributed by atoms with Crippen molar-refractivity contribution in [1.82, 2.24) is 15.2 Å². The summed E-state index contributed by atoms with van der Waals surface area (Å²) < 4.78 is 0. The summed E-state index contributed by atoms with van der Waals surface area (Å²) >= 11 is 1.70. The van der Waals surface area contributed by atoms with Crippen LogP contribution in [-0.2, 0) is 11.2 Å². The van der Waals surface area contributed by atoms with Gasteiger partial charge in [-0.15, -0.1) is 11.3 Å². The molecule has 1 heterocycles. The minimum absolute atomic E-state index is 0.148. The third-order valence-electron chi connectivity index (χ3n) is 3.90. The summed E-state index contributed by atoms with van der Waals surface area (Å²) in [4.78, 5) is 18.5. The van der Waals surface area contributed by atoms with Crippen molar-refractivity contribution in [3.63, 3.8) is 0 Å². The summed E-state index contributed by atoms with van der Waals surface area (Å²) in [5.74, 6) is 0.148. The van der Waals surface area contributed by atoms with E-state index in [1.807, 2.05) is 6.92 Å². The van der Waals surface area contributed by atoms with Crippen molar-refractivity contribution in [2.75, 3.05) is 20.1 Å². The van der Waals surface area contributed by atoms with Crippen molar-refractivity contribution >= 4 is 17.2 Å². The second-order valence-electron chi connectivity index (χ2n) is 5.69. The number of carbonyl (C=O) groups excluding carboxylic acids is 1. The highest BCUT2D eigenvalue weighted by Gasteiger charge is 2.20. The molecule has 0 aromatic carbocycles. The molecular weight excluding hydrogens is 270 g/mol. The minimum Gasteiger partial charge on any atom is -0.355 e. The van der Waals surface area contributed by atoms with Crippen LogP contribution in [0.5, 0.6) is 0 Å². The third kappa shape index (κ3) is 4.87. The van der Waals surface area contributed by atoms with Gasteiger partial charge < -0.3 is 5.32 Å². The van der Waals surface area contributed by atoms with Gasteiger partial charge in [-0.3, -0.25) is 9.69 Å². The van der Waals surface area contributed by atoms with E-state index in [1.165, 1.54) is 30.7 Å². The quantitative estimate of drug-likeness (QED) is 0.786. The highest BCUT2D eigenvalue weighted by molar-refractivity contribution is 7.09. The van der Waals surface area contributed by atoms with Crippen LogP contribution in [-0.4, -0.2) is 42.0 Å². The Labute approximate surface area is 125 Å². The van der Waals surface area contributed by atoms with Gasteiger partial charge in [-0.05, 0) is 33.2 Å². The lowest BCUT2D eigenvalue weighted by Gasteiger charge is -2.23. The van der Waals surface area contributed by atoms with Crippen LogP contribution in [0.2, 0.25) is 0 Å². The van der Waals surface area contributed by atoms with Crippen LogP contribution in [0.25, 0.3) is 0 Å². The van der Waals surface area contributed by atoms with Gasteiger partial charge in [0.1, 0.15) is 0 Å². The van der Waals surface area contributed by atoms with Gasteiger partial charge in [0.25, 0.3) is 0 Å². The minimum atomic E-state index is 0.148. The monoisotopic (exact) mass is 295 g/mol. The first-order valence-corrected chi connectivity index (χ1v) is 8.41. The number of aryl methyl sites for hydroxylation is 2. The van der Waals surface area contributed by atoms with E-state index in [4.69, 9.17) is 0 Å². The molecule has 0 aliphatic heterocycles. The van der Waals surface area contributed by atoms with Crippen molar-refractivity contribution in [3.8, 4) is 0 Å². The fourth-order valence-corrected chi connectivity index (χ4v) is 3.56. The van der Waals surface area contributed by atoms with Crippen LogP contribution in [0.3, 0.4) is 0 Å². The molecule has 1 aliphatic carbocycles. The van der Waals surface area contributed by atoms with Crippen LogP contribution in [0.1, 0.15) is 42.8 Å². The molecule has 1 aromatic rings. The van der Waals surface area contributed by atoms with Gasteiger partial charge in [0.15, 0.2) is 0 Å². The summed E-state index contributed by atoms with van der Waals surface area (Å²) in [5, 5.41) is 6.25. The molecule has 20 heavy (non-hydrogen) atoms. The average molecular weight is 295 g/mol. The normalized spacial score (nSPS) is 15.9. The third-order valence-corrected chi connectivity index (χ3v) is 4.92. The van der Waals surface area contributed by atoms with Crippen LogP contribution >= 0.6 is 11.3 Å². The molecule has 1 fully saturated rings. The smallest absolute Gasteiger partial charge is 0.234 e. The molecule has 1 N–H and O–H groups in total. The fraction of sp³-hybridized carbons (Fsp3) is 0.733. The Bertz CT molecular complexity index is 427. The Morgan fingerprint density at radius 3 is 2.90 bits per heavy atom. The predicted octanol–water partition coefficient (Wildman–Crippen LogP) is 2.37. The standard InChI is InChI=1S/C15H25N3OS/c1-12-11-20-15(17-12)8-5-9-16-14(19)10-18(2)13-6-3-4-7-13/h11,13H,3-10H2,1-2H3,(H,16,19). The molecule has 0 radical (unpaired) electrons. The maximum Gasteiger partial charge on any atom is 0.234 e. The molecule has 2 rings (SSSR count). The zero-order chi connectivity index (χ0) is 14.4. The van der Waals surface area contributed by atoms with Crippen LogP contribution in [0.15, 0.2) is 5.38 Å². The second kappa shape index (κ2) is 7.74. The molecule has 5 heteroatoms. The number of aromatic nitrogens is 1. The van der Waals surface area contributed by atoms with E-state index in [0.717, 1.165) is 25.1 Å². The maximum absolute atomic E-state index is 11.9. The number of hydrogen-bond acceptors (Lipinski definition) is 4. The highest BCUT2D eigenvalue weighted by atomic mass is 32.1. The Morgan fingerprint density at radius 1 is 1.50 bits per heavy atom. The van der Waals surface area contributed by atoms with Crippen molar-refractivity contribution in [1.29, 1.82) is 0 Å². The number of amides is 1. The molecule has 1 saturated carbocycles. The number of hydrogen-bond donors (Lipinski definition) is 1. The number of thiazole rings is 1. The second-order valence-corrected chi connectivity index (χ2v) is 6.63. The van der Waals surface area contributed by atoms with E-state index < -0.39 is 0 Å². The van der Waals surface area contributed by atoms with E-state index in [9.17, 15) is 4.79 Å². The summed E-state index contributed by atoms with van der Waals surface area (Å²) in [5.41, 5.74) is 1.09. The molecule has 0 unspecified atom stereocenters. The van der Waals surface area contributed by atoms with E-state index in [1.54, 1.807) is 11.3 Å². The van der Waals surface area contributed by atoms with Gasteiger partial charge in [0, 0.05) is 30.1 Å². The summed E-state index contributed by atoms with van der Waals surface area (Å²) in [6.45, 7) is 3.29. The zero-order valence-electron chi connectivity index (χ0n) is 12.5. The number of carbonyl (C=O) groups is 1. The van der Waals surface area contributed by atoms with Crippen molar-refractivity contribution in [2.24, 2.45) is 0 Å². The highest BCUT2D eigenvalue weighted by Crippen LogP contribution is 2.21. The Morgan fingerprint density at radius 2 is 2.25 bits per heavy atom. The predicted molar refractivity (Wildman–Crippen MR) is 83.1 cm³/mol. The Balaban J connectivity index is 1.57. The molecule has 4 nitrogen and oxygen atoms in total. The summed E-state index contributed by atoms with van der Waals surface area (Å²) in [6, 6.07) is 0.610. The maximum atomic E-state index is 11.9. The molecule has 0 atom stereocenters. The van der Waals surface area contributed by atoms with Crippen molar-refractivity contribution in [3.05, 3.63) is 16.1 Å². The number of likely N-dealkylation sites (N-methyl/N-ethyl adjacent to an activating group) is 1. The van der Waals surface area contributed by atoms with Crippen LogP contribution in [0.4, 0.5) is 0 Å². The van der Waals surface area contributed by atoms with Crippen molar-refractivity contribution in [2.45, 2.75) is 51.5 Å². The number of rotatable bonds is 7. The largest absolute Gasteiger partial charge is 0.355 e. The van der Waals surface area contributed by atoms with E-state index in [0.29, 0.717) is 12.6 Å². The lowest BCUT2D eigenvalue weighted by atomic mass is 10.2. The van der Waals surface area contributed by atoms with Gasteiger partial charge in [0.2, 0.25) is 5.91 Å². The topological polar surface area (TPSA) is 45.2 Å². The van der Waals surface area contributed by atoms with Crippen LogP contribution < -0.4 is 5.32 Å². The molecule has 1 amide bonds. The molecule has 1 aliphatic rings. The molecule has 0 saturated heterocycles. The lowest BCUT2D eigenvalue weighted by molar-refractivity contribution is -0.122. The van der Waals surface area contributed by atoms with E-state index in [-0.39, 0.29) is 5.91 Å². The lowest BCUT2D eigenvalue weighted by Crippen LogP contribution is -2.39. The van der Waals surface area contributed by atoms with E-state index in [2.05, 4.69) is 27.6 Å². The first-order chi connectivity index (χ1) is 9.65. The fourth-order valence-electron chi connectivity index (χ4n) is 2.74. The van der Waals surface area contributed by atoms with Gasteiger partial charge >= 0.3 is 0 Å². The SMILES string of the molecule is Cc1csc(CCCNC(=O)CN(C)C2CCCC2)n1. The zero-order valence-corrected chi connectivity index (χ0v) is 13.3. The van der Waals surface area contributed by atoms with Gasteiger partial charge in [-0.2, -0.15) is 0 Å². The number of nitrogens with zero attached hydrogens (tertiary/aromatic N) is 2. The molecular formula is C15H25N3OS. The molecule has 1 aromatic heterocycles. The molecule has 0 spiro atoms. The average Bonchev–Trinajstić information content (AvgIpc) is 3.06. The first-order valence-electron chi connectivity index (χ1n) is 7.53. The first kappa shape index (κ1) is 15.4. The molecule has 112 valence electrons. The van der Waals surface area contributed by atoms with Gasteiger partial charge in [-0.25, -0.2) is 4.98 Å². The Hall–Kier alpha value is -0.940. The Kier molecular flexibility index (Phi) is 5.98.